The van der Waals surface area contributed by atoms with Gasteiger partial charge in [-0.25, -0.2) is 0 Å². The summed E-state index contributed by atoms with van der Waals surface area (Å²) in [4.78, 5) is 0. The number of hydrogen-bond acceptors (Lipinski definition) is 0. The van der Waals surface area contributed by atoms with Crippen LogP contribution in [-0.2, 0) is 12.6 Å². The minimum atomic E-state index is -4.32. The standard InChI is InChI=1S/C17H13F3/c1-11-13-7-3-2-6-12(13)10-15(11)14-8-4-5-9-16(14)17(18,19)20/h2-9H,10H2,1H3. The second-order valence-electron chi connectivity index (χ2n) is 4.98. The minimum Gasteiger partial charge on any atom is -0.166 e. The van der Waals surface area contributed by atoms with E-state index in [1.54, 1.807) is 12.1 Å². The Hall–Kier alpha value is -2.03. The van der Waals surface area contributed by atoms with Crippen molar-refractivity contribution in [3.8, 4) is 0 Å². The highest BCUT2D eigenvalue weighted by atomic mass is 19.4. The SMILES string of the molecule is CC1=C(c2ccccc2C(F)(F)F)Cc2ccccc21. The van der Waals surface area contributed by atoms with Crippen molar-refractivity contribution in [3.63, 3.8) is 0 Å². The van der Waals surface area contributed by atoms with Gasteiger partial charge in [0.05, 0.1) is 5.56 Å². The third-order valence-corrected chi connectivity index (χ3v) is 3.80. The van der Waals surface area contributed by atoms with Gasteiger partial charge in [-0.2, -0.15) is 13.2 Å². The van der Waals surface area contributed by atoms with Gasteiger partial charge in [0, 0.05) is 0 Å². The molecule has 0 N–H and O–H groups in total. The lowest BCUT2D eigenvalue weighted by Gasteiger charge is -2.14. The summed E-state index contributed by atoms with van der Waals surface area (Å²) in [5.41, 5.74) is 3.61. The van der Waals surface area contributed by atoms with Crippen molar-refractivity contribution < 1.29 is 13.2 Å². The summed E-state index contributed by atoms with van der Waals surface area (Å²) in [5.74, 6) is 0. The summed E-state index contributed by atoms with van der Waals surface area (Å²) in [7, 11) is 0. The van der Waals surface area contributed by atoms with E-state index in [2.05, 4.69) is 0 Å². The van der Waals surface area contributed by atoms with Gasteiger partial charge in [0.15, 0.2) is 0 Å². The highest BCUT2D eigenvalue weighted by molar-refractivity contribution is 5.96. The maximum atomic E-state index is 13.1. The molecular formula is C17H13F3. The fourth-order valence-corrected chi connectivity index (χ4v) is 2.82. The third kappa shape index (κ3) is 2.03. The Morgan fingerprint density at radius 2 is 1.45 bits per heavy atom. The molecule has 20 heavy (non-hydrogen) atoms. The number of rotatable bonds is 1. The van der Waals surface area contributed by atoms with Gasteiger partial charge in [0.1, 0.15) is 0 Å². The van der Waals surface area contributed by atoms with Gasteiger partial charge in [-0.1, -0.05) is 42.5 Å². The summed E-state index contributed by atoms with van der Waals surface area (Å²) < 4.78 is 39.4. The molecule has 2 aromatic rings. The number of alkyl halides is 3. The van der Waals surface area contributed by atoms with Gasteiger partial charge in [0.25, 0.3) is 0 Å². The molecule has 0 bridgehead atoms. The predicted octanol–water partition coefficient (Wildman–Crippen LogP) is 5.19. The van der Waals surface area contributed by atoms with Crippen LogP contribution >= 0.6 is 0 Å². The van der Waals surface area contributed by atoms with Crippen LogP contribution in [-0.4, -0.2) is 0 Å². The Kier molecular flexibility index (Phi) is 2.93. The van der Waals surface area contributed by atoms with Crippen molar-refractivity contribution in [2.45, 2.75) is 19.5 Å². The number of benzene rings is 2. The topological polar surface area (TPSA) is 0 Å². The molecule has 0 heterocycles. The van der Waals surface area contributed by atoms with E-state index in [-0.39, 0.29) is 0 Å². The maximum absolute atomic E-state index is 13.1. The fourth-order valence-electron chi connectivity index (χ4n) is 2.82. The molecule has 3 heteroatoms. The number of halogens is 3. The Balaban J connectivity index is 2.16. The Bertz CT molecular complexity index is 693. The predicted molar refractivity (Wildman–Crippen MR) is 74.1 cm³/mol. The van der Waals surface area contributed by atoms with E-state index in [4.69, 9.17) is 0 Å². The molecule has 1 aliphatic rings. The zero-order valence-electron chi connectivity index (χ0n) is 11.0. The molecule has 2 aromatic carbocycles. The van der Waals surface area contributed by atoms with Crippen LogP contribution in [0.15, 0.2) is 48.5 Å². The van der Waals surface area contributed by atoms with Crippen molar-refractivity contribution in [3.05, 3.63) is 70.8 Å². The van der Waals surface area contributed by atoms with Crippen molar-refractivity contribution in [1.29, 1.82) is 0 Å². The number of hydrogen-bond donors (Lipinski definition) is 0. The van der Waals surface area contributed by atoms with E-state index in [9.17, 15) is 13.2 Å². The molecular weight excluding hydrogens is 261 g/mol. The smallest absolute Gasteiger partial charge is 0.166 e. The first-order chi connectivity index (χ1) is 9.48. The molecule has 0 unspecified atom stereocenters. The lowest BCUT2D eigenvalue weighted by molar-refractivity contribution is -0.137. The van der Waals surface area contributed by atoms with Crippen LogP contribution in [0.1, 0.15) is 29.2 Å². The summed E-state index contributed by atoms with van der Waals surface area (Å²) in [6.45, 7) is 1.90. The van der Waals surface area contributed by atoms with Gasteiger partial charge < -0.3 is 0 Å². The van der Waals surface area contributed by atoms with Gasteiger partial charge in [0.2, 0.25) is 0 Å². The maximum Gasteiger partial charge on any atom is 0.416 e. The quantitative estimate of drug-likeness (QED) is 0.671. The second-order valence-corrected chi connectivity index (χ2v) is 4.98. The van der Waals surface area contributed by atoms with Crippen LogP contribution in [0, 0.1) is 0 Å². The molecule has 0 atom stereocenters. The van der Waals surface area contributed by atoms with Crippen LogP contribution in [0.3, 0.4) is 0 Å². The molecule has 0 nitrogen and oxygen atoms in total. The molecule has 0 fully saturated rings. The van der Waals surface area contributed by atoms with Crippen LogP contribution < -0.4 is 0 Å². The lowest BCUT2D eigenvalue weighted by Crippen LogP contribution is -2.08. The van der Waals surface area contributed by atoms with Crippen molar-refractivity contribution >= 4 is 11.1 Å². The van der Waals surface area contributed by atoms with E-state index < -0.39 is 11.7 Å². The molecule has 3 rings (SSSR count). The van der Waals surface area contributed by atoms with Gasteiger partial charge in [-0.3, -0.25) is 0 Å². The third-order valence-electron chi connectivity index (χ3n) is 3.80. The first-order valence-electron chi connectivity index (χ1n) is 6.43. The second kappa shape index (κ2) is 4.51. The highest BCUT2D eigenvalue weighted by Gasteiger charge is 2.35. The highest BCUT2D eigenvalue weighted by Crippen LogP contribution is 2.42. The first kappa shape index (κ1) is 13.0. The Labute approximate surface area is 115 Å². The van der Waals surface area contributed by atoms with Crippen LogP contribution in [0.25, 0.3) is 11.1 Å². The average molecular weight is 274 g/mol. The number of allylic oxidation sites excluding steroid dienone is 2. The summed E-state index contributed by atoms with van der Waals surface area (Å²) in [6.07, 6.45) is -3.76. The summed E-state index contributed by atoms with van der Waals surface area (Å²) in [5, 5.41) is 0. The van der Waals surface area contributed by atoms with E-state index in [0.29, 0.717) is 12.0 Å². The molecule has 0 saturated carbocycles. The average Bonchev–Trinajstić information content (AvgIpc) is 2.76. The van der Waals surface area contributed by atoms with E-state index >= 15 is 0 Å². The van der Waals surface area contributed by atoms with E-state index in [1.807, 2.05) is 31.2 Å². The lowest BCUT2D eigenvalue weighted by atomic mass is 9.96. The fraction of sp³-hybridized carbons (Fsp3) is 0.176. The molecule has 0 aromatic heterocycles. The van der Waals surface area contributed by atoms with Gasteiger partial charge in [-0.15, -0.1) is 0 Å². The van der Waals surface area contributed by atoms with Gasteiger partial charge >= 0.3 is 6.18 Å². The zero-order chi connectivity index (χ0) is 14.3. The van der Waals surface area contributed by atoms with Gasteiger partial charge in [-0.05, 0) is 47.2 Å². The Morgan fingerprint density at radius 1 is 0.850 bits per heavy atom. The summed E-state index contributed by atoms with van der Waals surface area (Å²) in [6, 6.07) is 13.6. The molecule has 0 saturated heterocycles. The molecule has 1 aliphatic carbocycles. The minimum absolute atomic E-state index is 0.300. The molecule has 0 spiro atoms. The molecule has 0 radical (unpaired) electrons. The zero-order valence-corrected chi connectivity index (χ0v) is 11.0. The van der Waals surface area contributed by atoms with Crippen LogP contribution in [0.5, 0.6) is 0 Å². The van der Waals surface area contributed by atoms with Crippen molar-refractivity contribution in [2.24, 2.45) is 0 Å². The Morgan fingerprint density at radius 3 is 2.10 bits per heavy atom. The van der Waals surface area contributed by atoms with Crippen molar-refractivity contribution in [2.75, 3.05) is 0 Å². The number of fused-ring (bicyclic) bond motifs is 1. The van der Waals surface area contributed by atoms with E-state index in [0.717, 1.165) is 28.3 Å². The van der Waals surface area contributed by atoms with Crippen LogP contribution in [0.2, 0.25) is 0 Å². The normalized spacial score (nSPS) is 14.6. The van der Waals surface area contributed by atoms with Crippen molar-refractivity contribution in [1.82, 2.24) is 0 Å². The monoisotopic (exact) mass is 274 g/mol. The largest absolute Gasteiger partial charge is 0.416 e. The first-order valence-corrected chi connectivity index (χ1v) is 6.43. The molecule has 102 valence electrons. The van der Waals surface area contributed by atoms with Crippen LogP contribution in [0.4, 0.5) is 13.2 Å². The van der Waals surface area contributed by atoms with E-state index in [1.165, 1.54) is 6.07 Å². The molecule has 0 aliphatic heterocycles. The summed E-state index contributed by atoms with van der Waals surface area (Å²) >= 11 is 0. The molecule has 0 amide bonds.